The van der Waals surface area contributed by atoms with Crippen LogP contribution in [0, 0.1) is 0 Å². The van der Waals surface area contributed by atoms with Gasteiger partial charge >= 0.3 is 0 Å². The first kappa shape index (κ1) is 13.1. The van der Waals surface area contributed by atoms with Crippen LogP contribution in [0.15, 0.2) is 35.8 Å². The maximum absolute atomic E-state index is 5.32. The van der Waals surface area contributed by atoms with E-state index < -0.39 is 0 Å². The quantitative estimate of drug-likeness (QED) is 0.869. The van der Waals surface area contributed by atoms with Gasteiger partial charge in [0.15, 0.2) is 0 Å². The van der Waals surface area contributed by atoms with E-state index in [9.17, 15) is 0 Å². The Morgan fingerprint density at radius 2 is 2.28 bits per heavy atom. The van der Waals surface area contributed by atoms with Crippen molar-refractivity contribution in [2.45, 2.75) is 18.9 Å². The molecule has 1 unspecified atom stereocenters. The van der Waals surface area contributed by atoms with Crippen LogP contribution in [0.5, 0.6) is 5.88 Å². The lowest BCUT2D eigenvalue weighted by Gasteiger charge is -2.18. The highest BCUT2D eigenvalue weighted by molar-refractivity contribution is 7.09. The Morgan fingerprint density at radius 1 is 1.39 bits per heavy atom. The van der Waals surface area contributed by atoms with Crippen molar-refractivity contribution in [2.24, 2.45) is 0 Å². The van der Waals surface area contributed by atoms with Crippen LogP contribution in [0.2, 0.25) is 0 Å². The molecule has 0 aromatic carbocycles. The third kappa shape index (κ3) is 3.09. The van der Waals surface area contributed by atoms with Crippen LogP contribution < -0.4 is 10.1 Å². The van der Waals surface area contributed by atoms with Crippen molar-refractivity contribution in [1.29, 1.82) is 0 Å². The molecule has 18 heavy (non-hydrogen) atoms. The molecule has 1 N–H and O–H groups in total. The number of aromatic nitrogens is 1. The van der Waals surface area contributed by atoms with Crippen LogP contribution in [0.4, 0.5) is 0 Å². The van der Waals surface area contributed by atoms with E-state index in [1.54, 1.807) is 24.6 Å². The summed E-state index contributed by atoms with van der Waals surface area (Å²) in [6.45, 7) is 0. The predicted molar refractivity (Wildman–Crippen MR) is 75.2 cm³/mol. The van der Waals surface area contributed by atoms with E-state index in [1.807, 2.05) is 13.1 Å². The van der Waals surface area contributed by atoms with E-state index in [2.05, 4.69) is 33.9 Å². The van der Waals surface area contributed by atoms with E-state index >= 15 is 0 Å². The van der Waals surface area contributed by atoms with Crippen LogP contribution in [0.1, 0.15) is 22.9 Å². The van der Waals surface area contributed by atoms with E-state index in [1.165, 1.54) is 4.88 Å². The molecule has 0 spiro atoms. The molecule has 2 heterocycles. The summed E-state index contributed by atoms with van der Waals surface area (Å²) in [5.41, 5.74) is 1.12. The molecule has 0 saturated heterocycles. The molecule has 2 aromatic rings. The van der Waals surface area contributed by atoms with E-state index in [0.29, 0.717) is 5.88 Å². The fourth-order valence-corrected chi connectivity index (χ4v) is 2.76. The third-order valence-electron chi connectivity index (χ3n) is 2.98. The van der Waals surface area contributed by atoms with Crippen molar-refractivity contribution in [1.82, 2.24) is 10.3 Å². The summed E-state index contributed by atoms with van der Waals surface area (Å²) in [4.78, 5) is 5.67. The predicted octanol–water partition coefficient (Wildman–Crippen LogP) is 3.05. The SMILES string of the molecule is CNC(CCc1cccs1)c1cccnc1OC. The summed E-state index contributed by atoms with van der Waals surface area (Å²) in [6, 6.07) is 8.57. The second-order valence-corrected chi connectivity index (χ2v) is 5.09. The molecule has 4 heteroatoms. The molecule has 1 atom stereocenters. The second-order valence-electron chi connectivity index (χ2n) is 4.06. The molecular formula is C14H18N2OS. The number of nitrogens with one attached hydrogen (secondary N) is 1. The van der Waals surface area contributed by atoms with Gasteiger partial charge in [-0.05, 0) is 37.4 Å². The molecule has 0 aliphatic carbocycles. The standard InChI is InChI=1S/C14H18N2OS/c1-15-13(8-7-11-5-4-10-18-11)12-6-3-9-16-14(12)17-2/h3-6,9-10,13,15H,7-8H2,1-2H3. The number of nitrogens with zero attached hydrogens (tertiary/aromatic N) is 1. The Kier molecular flexibility index (Phi) is 4.73. The Bertz CT molecular complexity index is 470. The largest absolute Gasteiger partial charge is 0.481 e. The average molecular weight is 262 g/mol. The Morgan fingerprint density at radius 3 is 2.94 bits per heavy atom. The van der Waals surface area contributed by atoms with Crippen LogP contribution in [0.25, 0.3) is 0 Å². The molecular weight excluding hydrogens is 244 g/mol. The molecule has 0 saturated carbocycles. The second kappa shape index (κ2) is 6.52. The number of thiophene rings is 1. The maximum atomic E-state index is 5.32. The monoisotopic (exact) mass is 262 g/mol. The summed E-state index contributed by atoms with van der Waals surface area (Å²) in [6.07, 6.45) is 3.87. The number of ether oxygens (including phenoxy) is 1. The minimum absolute atomic E-state index is 0.274. The summed E-state index contributed by atoms with van der Waals surface area (Å²) in [5.74, 6) is 0.711. The molecule has 0 aliphatic rings. The van der Waals surface area contributed by atoms with Crippen LogP contribution in [-0.2, 0) is 6.42 Å². The van der Waals surface area contributed by atoms with Crippen molar-refractivity contribution < 1.29 is 4.74 Å². The number of aryl methyl sites for hydroxylation is 1. The number of rotatable bonds is 6. The van der Waals surface area contributed by atoms with Crippen LogP contribution >= 0.6 is 11.3 Å². The van der Waals surface area contributed by atoms with Gasteiger partial charge in [0.25, 0.3) is 0 Å². The molecule has 0 fully saturated rings. The summed E-state index contributed by atoms with van der Waals surface area (Å²) in [5, 5.41) is 5.46. The van der Waals surface area contributed by atoms with Gasteiger partial charge < -0.3 is 10.1 Å². The summed E-state index contributed by atoms with van der Waals surface area (Å²) < 4.78 is 5.32. The van der Waals surface area contributed by atoms with E-state index in [4.69, 9.17) is 4.74 Å². The van der Waals surface area contributed by atoms with Gasteiger partial charge in [-0.1, -0.05) is 12.1 Å². The number of pyridine rings is 1. The van der Waals surface area contributed by atoms with Crippen molar-refractivity contribution in [3.05, 3.63) is 46.3 Å². The molecule has 0 bridgehead atoms. The van der Waals surface area contributed by atoms with Gasteiger partial charge in [0, 0.05) is 22.7 Å². The molecule has 0 aliphatic heterocycles. The fraction of sp³-hybridized carbons (Fsp3) is 0.357. The van der Waals surface area contributed by atoms with Crippen molar-refractivity contribution in [3.8, 4) is 5.88 Å². The lowest BCUT2D eigenvalue weighted by atomic mass is 10.0. The van der Waals surface area contributed by atoms with Crippen molar-refractivity contribution >= 4 is 11.3 Å². The zero-order valence-corrected chi connectivity index (χ0v) is 11.5. The van der Waals surface area contributed by atoms with Gasteiger partial charge in [0.2, 0.25) is 5.88 Å². The normalized spacial score (nSPS) is 12.3. The number of hydrogen-bond donors (Lipinski definition) is 1. The zero-order valence-electron chi connectivity index (χ0n) is 10.7. The highest BCUT2D eigenvalue weighted by Crippen LogP contribution is 2.26. The van der Waals surface area contributed by atoms with Gasteiger partial charge in [-0.3, -0.25) is 0 Å². The number of hydrogen-bond acceptors (Lipinski definition) is 4. The Hall–Kier alpha value is -1.39. The lowest BCUT2D eigenvalue weighted by Crippen LogP contribution is -2.18. The number of methoxy groups -OCH3 is 1. The van der Waals surface area contributed by atoms with Gasteiger partial charge in [0.1, 0.15) is 0 Å². The molecule has 2 rings (SSSR count). The first-order valence-corrected chi connectivity index (χ1v) is 6.91. The van der Waals surface area contributed by atoms with E-state index in [-0.39, 0.29) is 6.04 Å². The van der Waals surface area contributed by atoms with Crippen molar-refractivity contribution in [3.63, 3.8) is 0 Å². The average Bonchev–Trinajstić information content (AvgIpc) is 2.93. The highest BCUT2D eigenvalue weighted by atomic mass is 32.1. The summed E-state index contributed by atoms with van der Waals surface area (Å²) in [7, 11) is 3.64. The van der Waals surface area contributed by atoms with Gasteiger partial charge in [-0.2, -0.15) is 0 Å². The topological polar surface area (TPSA) is 34.2 Å². The molecule has 3 nitrogen and oxygen atoms in total. The molecule has 0 radical (unpaired) electrons. The Balaban J connectivity index is 2.08. The highest BCUT2D eigenvalue weighted by Gasteiger charge is 2.14. The van der Waals surface area contributed by atoms with Gasteiger partial charge in [0.05, 0.1) is 7.11 Å². The van der Waals surface area contributed by atoms with Crippen LogP contribution in [0.3, 0.4) is 0 Å². The van der Waals surface area contributed by atoms with Gasteiger partial charge in [-0.15, -0.1) is 11.3 Å². The van der Waals surface area contributed by atoms with Crippen LogP contribution in [-0.4, -0.2) is 19.1 Å². The molecule has 96 valence electrons. The third-order valence-corrected chi connectivity index (χ3v) is 3.91. The van der Waals surface area contributed by atoms with Crippen molar-refractivity contribution in [2.75, 3.05) is 14.2 Å². The smallest absolute Gasteiger partial charge is 0.217 e. The molecule has 0 amide bonds. The maximum Gasteiger partial charge on any atom is 0.217 e. The van der Waals surface area contributed by atoms with E-state index in [0.717, 1.165) is 18.4 Å². The fourth-order valence-electron chi connectivity index (χ4n) is 2.04. The molecule has 2 aromatic heterocycles. The Labute approximate surface area is 112 Å². The first-order valence-electron chi connectivity index (χ1n) is 6.03. The first-order chi connectivity index (χ1) is 8.85. The minimum atomic E-state index is 0.274. The minimum Gasteiger partial charge on any atom is -0.481 e. The van der Waals surface area contributed by atoms with Gasteiger partial charge in [-0.25, -0.2) is 4.98 Å². The summed E-state index contributed by atoms with van der Waals surface area (Å²) >= 11 is 1.81. The zero-order chi connectivity index (χ0) is 12.8. The lowest BCUT2D eigenvalue weighted by molar-refractivity contribution is 0.382.